The van der Waals surface area contributed by atoms with E-state index in [0.29, 0.717) is 53.7 Å². The average Bonchev–Trinajstić information content (AvgIpc) is 2.69. The van der Waals surface area contributed by atoms with Crippen LogP contribution in [0.25, 0.3) is 10.9 Å². The lowest BCUT2D eigenvalue weighted by Crippen LogP contribution is -2.38. The molecule has 28 heavy (non-hydrogen) atoms. The summed E-state index contributed by atoms with van der Waals surface area (Å²) in [6, 6.07) is 3.64. The van der Waals surface area contributed by atoms with Crippen molar-refractivity contribution in [2.24, 2.45) is 5.92 Å². The molecule has 1 aromatic heterocycles. The fraction of sp³-hybridized carbons (Fsp3) is 0.571. The second-order valence-corrected chi connectivity index (χ2v) is 7.61. The fourth-order valence-electron chi connectivity index (χ4n) is 3.92. The van der Waals surface area contributed by atoms with E-state index in [0.717, 1.165) is 12.8 Å². The van der Waals surface area contributed by atoms with Crippen LogP contribution in [-0.2, 0) is 11.3 Å². The van der Waals surface area contributed by atoms with E-state index >= 15 is 0 Å². The van der Waals surface area contributed by atoms with E-state index in [1.165, 1.54) is 26.3 Å². The van der Waals surface area contributed by atoms with Crippen molar-refractivity contribution in [3.05, 3.63) is 28.8 Å². The predicted molar refractivity (Wildman–Crippen MR) is 108 cm³/mol. The molecule has 2 atom stereocenters. The Bertz CT molecular complexity index is 893. The summed E-state index contributed by atoms with van der Waals surface area (Å²) in [4.78, 5) is 29.3. The van der Waals surface area contributed by atoms with E-state index in [1.807, 2.05) is 0 Å². The van der Waals surface area contributed by atoms with Crippen molar-refractivity contribution in [1.29, 1.82) is 0 Å². The molecule has 2 unspecified atom stereocenters. The highest BCUT2D eigenvalue weighted by Crippen LogP contribution is 2.29. The smallest absolute Gasteiger partial charge is 0.261 e. The molecule has 0 saturated heterocycles. The van der Waals surface area contributed by atoms with Crippen LogP contribution in [0.1, 0.15) is 45.4 Å². The number of benzene rings is 1. The molecule has 1 heterocycles. The van der Waals surface area contributed by atoms with Gasteiger partial charge in [-0.15, -0.1) is 0 Å². The lowest BCUT2D eigenvalue weighted by molar-refractivity contribution is -0.122. The summed E-state index contributed by atoms with van der Waals surface area (Å²) in [5, 5.41) is 3.61. The highest BCUT2D eigenvalue weighted by molar-refractivity contribution is 5.81. The molecule has 1 saturated carbocycles. The van der Waals surface area contributed by atoms with Gasteiger partial charge in [-0.25, -0.2) is 4.98 Å². The van der Waals surface area contributed by atoms with Crippen LogP contribution >= 0.6 is 0 Å². The summed E-state index contributed by atoms with van der Waals surface area (Å²) in [5.41, 5.74) is 0.413. The zero-order valence-corrected chi connectivity index (χ0v) is 16.9. The molecular weight excluding hydrogens is 358 g/mol. The van der Waals surface area contributed by atoms with Crippen LogP contribution in [0.5, 0.6) is 11.5 Å². The molecule has 2 aromatic rings. The van der Waals surface area contributed by atoms with Gasteiger partial charge in [-0.2, -0.15) is 0 Å². The largest absolute Gasteiger partial charge is 0.493 e. The van der Waals surface area contributed by atoms with E-state index in [9.17, 15) is 9.59 Å². The van der Waals surface area contributed by atoms with E-state index < -0.39 is 0 Å². The summed E-state index contributed by atoms with van der Waals surface area (Å²) >= 11 is 0. The maximum atomic E-state index is 12.8. The van der Waals surface area contributed by atoms with Crippen molar-refractivity contribution in [2.75, 3.05) is 14.2 Å². The quantitative estimate of drug-likeness (QED) is 0.790. The molecule has 0 spiro atoms. The Labute approximate surface area is 165 Å². The molecule has 1 N–H and O–H groups in total. The van der Waals surface area contributed by atoms with Crippen LogP contribution in [0.15, 0.2) is 23.3 Å². The van der Waals surface area contributed by atoms with Crippen LogP contribution < -0.4 is 20.3 Å². The third-order valence-electron chi connectivity index (χ3n) is 5.43. The fourth-order valence-corrected chi connectivity index (χ4v) is 3.92. The van der Waals surface area contributed by atoms with Gasteiger partial charge in [0.2, 0.25) is 5.91 Å². The average molecular weight is 387 g/mol. The highest BCUT2D eigenvalue weighted by Gasteiger charge is 2.20. The van der Waals surface area contributed by atoms with Gasteiger partial charge in [0.15, 0.2) is 11.5 Å². The Morgan fingerprint density at radius 3 is 2.71 bits per heavy atom. The number of methoxy groups -OCH3 is 2. The molecule has 0 aliphatic heterocycles. The monoisotopic (exact) mass is 387 g/mol. The Balaban J connectivity index is 1.62. The van der Waals surface area contributed by atoms with Gasteiger partial charge >= 0.3 is 0 Å². The first-order valence-electron chi connectivity index (χ1n) is 9.92. The predicted octanol–water partition coefficient (Wildman–Crippen LogP) is 2.89. The van der Waals surface area contributed by atoms with Gasteiger partial charge in [0, 0.05) is 25.1 Å². The van der Waals surface area contributed by atoms with Gasteiger partial charge in [0.05, 0.1) is 31.4 Å². The Morgan fingerprint density at radius 1 is 1.25 bits per heavy atom. The summed E-state index contributed by atoms with van der Waals surface area (Å²) < 4.78 is 12.1. The molecule has 7 heteroatoms. The number of hydrogen-bond donors (Lipinski definition) is 1. The maximum Gasteiger partial charge on any atom is 0.261 e. The second kappa shape index (κ2) is 9.08. The minimum Gasteiger partial charge on any atom is -0.493 e. The highest BCUT2D eigenvalue weighted by atomic mass is 16.5. The number of ether oxygens (including phenoxy) is 2. The third-order valence-corrected chi connectivity index (χ3v) is 5.43. The Kier molecular flexibility index (Phi) is 6.54. The van der Waals surface area contributed by atoms with Crippen molar-refractivity contribution in [1.82, 2.24) is 14.9 Å². The number of rotatable bonds is 7. The van der Waals surface area contributed by atoms with Crippen LogP contribution in [-0.4, -0.2) is 35.7 Å². The zero-order valence-electron chi connectivity index (χ0n) is 16.9. The summed E-state index contributed by atoms with van der Waals surface area (Å²) in [5.74, 6) is 1.77. The first-order valence-corrected chi connectivity index (χ1v) is 9.92. The van der Waals surface area contributed by atoms with Crippen molar-refractivity contribution in [3.8, 4) is 11.5 Å². The minimum absolute atomic E-state index is 0.0623. The zero-order chi connectivity index (χ0) is 20.1. The number of hydrogen-bond acceptors (Lipinski definition) is 5. The molecular formula is C21H29N3O4. The van der Waals surface area contributed by atoms with Crippen LogP contribution in [0.3, 0.4) is 0 Å². The van der Waals surface area contributed by atoms with E-state index in [2.05, 4.69) is 17.2 Å². The minimum atomic E-state index is -0.146. The lowest BCUT2D eigenvalue weighted by Gasteiger charge is -2.27. The maximum absolute atomic E-state index is 12.8. The van der Waals surface area contributed by atoms with E-state index in [4.69, 9.17) is 9.47 Å². The number of amides is 1. The summed E-state index contributed by atoms with van der Waals surface area (Å²) in [6.45, 7) is 2.69. The van der Waals surface area contributed by atoms with Gasteiger partial charge in [-0.3, -0.25) is 14.2 Å². The Hall–Kier alpha value is -2.57. The molecule has 1 aliphatic carbocycles. The summed E-state index contributed by atoms with van der Waals surface area (Å²) in [7, 11) is 3.08. The lowest BCUT2D eigenvalue weighted by atomic mass is 9.87. The second-order valence-electron chi connectivity index (χ2n) is 7.61. The number of aromatic nitrogens is 2. The molecule has 1 aliphatic rings. The standard InChI is InChI=1S/C21H29N3O4/c1-14-6-4-7-15(10-14)23-20(25)8-5-9-24-13-22-17-12-19(28-3)18(27-2)11-16(17)21(24)26/h11-15H,4-10H2,1-3H3,(H,23,25). The van der Waals surface area contributed by atoms with Crippen molar-refractivity contribution in [3.63, 3.8) is 0 Å². The van der Waals surface area contributed by atoms with E-state index in [1.54, 1.807) is 23.8 Å². The van der Waals surface area contributed by atoms with Crippen molar-refractivity contribution in [2.45, 2.75) is 58.0 Å². The molecule has 1 fully saturated rings. The number of nitrogens with one attached hydrogen (secondary N) is 1. The number of aryl methyl sites for hydroxylation is 1. The van der Waals surface area contributed by atoms with Crippen LogP contribution in [0.4, 0.5) is 0 Å². The van der Waals surface area contributed by atoms with Crippen LogP contribution in [0, 0.1) is 5.92 Å². The molecule has 1 aromatic carbocycles. The number of nitrogens with zero attached hydrogens (tertiary/aromatic N) is 2. The van der Waals surface area contributed by atoms with Crippen molar-refractivity contribution < 1.29 is 14.3 Å². The van der Waals surface area contributed by atoms with E-state index in [-0.39, 0.29) is 11.5 Å². The molecule has 3 rings (SSSR count). The van der Waals surface area contributed by atoms with Gasteiger partial charge in [0.25, 0.3) is 5.56 Å². The number of fused-ring (bicyclic) bond motifs is 1. The molecule has 152 valence electrons. The van der Waals surface area contributed by atoms with Gasteiger partial charge < -0.3 is 14.8 Å². The van der Waals surface area contributed by atoms with Crippen LogP contribution in [0.2, 0.25) is 0 Å². The van der Waals surface area contributed by atoms with Crippen molar-refractivity contribution >= 4 is 16.8 Å². The first kappa shape index (κ1) is 20.2. The van der Waals surface area contributed by atoms with Gasteiger partial charge in [-0.05, 0) is 31.2 Å². The molecule has 0 radical (unpaired) electrons. The third kappa shape index (κ3) is 4.64. The molecule has 0 bridgehead atoms. The number of carbonyl (C=O) groups is 1. The number of carbonyl (C=O) groups excluding carboxylic acids is 1. The SMILES string of the molecule is COc1cc2ncn(CCCC(=O)NC3CCCC(C)C3)c(=O)c2cc1OC. The Morgan fingerprint density at radius 2 is 2.00 bits per heavy atom. The van der Waals surface area contributed by atoms with Gasteiger partial charge in [0.1, 0.15) is 0 Å². The first-order chi connectivity index (χ1) is 13.5. The van der Waals surface area contributed by atoms with Gasteiger partial charge in [-0.1, -0.05) is 19.8 Å². The molecule has 1 amide bonds. The topological polar surface area (TPSA) is 82.5 Å². The normalized spacial score (nSPS) is 19.4. The molecule has 7 nitrogen and oxygen atoms in total. The summed E-state index contributed by atoms with van der Waals surface area (Å²) in [6.07, 6.45) is 7.08.